The van der Waals surface area contributed by atoms with Gasteiger partial charge in [-0.1, -0.05) is 0 Å². The Hall–Kier alpha value is -2.71. The van der Waals surface area contributed by atoms with Crippen molar-refractivity contribution >= 4 is 17.7 Å². The standard InChI is InChI=1S/C42H71N3O31/c1-10(51)43-19-26(58)33(74-40-30(62)27(59)22(54)13(4-46)69-40)16(7-49)71-38(19)66-9-18-25(57)35(20(37(65)67-18)44-11(2)52)75-42-32(64)29(61)34(17(8-50)72-42)73-39-21(45-12(3)53)36(24(56)15(6-48)68-39)76-41-31(63)28(60)23(55)14(5-47)70-41/h13-42,46-50,54-65H,4-9H2,1-3H3,(H,43,51)(H,44,52)(H,45,53)/t13-,14-,15-,16-,17-,18-,19-,20-,21-,22+,23+,24-,25+,26-,27+,28+,29-,30-,31-,32-,33-,34+,35-,36-,37+,38-,39+,40+,41+,42+/m1/s1. The number of ether oxygens (including phenoxy) is 11. The van der Waals surface area contributed by atoms with Gasteiger partial charge in [0.05, 0.1) is 39.6 Å². The van der Waals surface area contributed by atoms with E-state index in [0.717, 1.165) is 20.8 Å². The van der Waals surface area contributed by atoms with Crippen molar-refractivity contribution in [2.75, 3.05) is 39.6 Å². The van der Waals surface area contributed by atoms with Gasteiger partial charge in [-0.15, -0.1) is 0 Å². The summed E-state index contributed by atoms with van der Waals surface area (Å²) in [7, 11) is 0. The topological polar surface area (TPSA) is 533 Å². The van der Waals surface area contributed by atoms with E-state index in [1.54, 1.807) is 0 Å². The number of rotatable bonds is 19. The summed E-state index contributed by atoms with van der Waals surface area (Å²) in [5, 5.41) is 189. The van der Waals surface area contributed by atoms with E-state index < -0.39 is 241 Å². The minimum absolute atomic E-state index is 0.773. The van der Waals surface area contributed by atoms with Crippen LogP contribution in [-0.2, 0) is 66.5 Å². The molecular formula is C42H71N3O31. The van der Waals surface area contributed by atoms with Gasteiger partial charge in [0.1, 0.15) is 146 Å². The Labute approximate surface area is 431 Å². The monoisotopic (exact) mass is 1110 g/mol. The molecule has 6 rings (SSSR count). The fourth-order valence-electron chi connectivity index (χ4n) is 9.62. The van der Waals surface area contributed by atoms with Crippen LogP contribution in [-0.4, -0.2) is 328 Å². The molecule has 0 aliphatic carbocycles. The molecule has 6 saturated heterocycles. The van der Waals surface area contributed by atoms with Crippen LogP contribution >= 0.6 is 0 Å². The Morgan fingerprint density at radius 3 is 1.16 bits per heavy atom. The van der Waals surface area contributed by atoms with Crippen LogP contribution < -0.4 is 16.0 Å². The van der Waals surface area contributed by atoms with Crippen molar-refractivity contribution in [3.05, 3.63) is 0 Å². The van der Waals surface area contributed by atoms with E-state index in [4.69, 9.17) is 52.1 Å². The first-order chi connectivity index (χ1) is 35.9. The summed E-state index contributed by atoms with van der Waals surface area (Å²) < 4.78 is 62.9. The highest BCUT2D eigenvalue weighted by molar-refractivity contribution is 5.74. The van der Waals surface area contributed by atoms with E-state index in [1.165, 1.54) is 0 Å². The zero-order valence-electron chi connectivity index (χ0n) is 40.9. The number of aliphatic hydroxyl groups excluding tert-OH is 17. The second-order valence-corrected chi connectivity index (χ2v) is 19.0. The molecule has 6 heterocycles. The predicted molar refractivity (Wildman–Crippen MR) is 234 cm³/mol. The van der Waals surface area contributed by atoms with Crippen LogP contribution in [0.4, 0.5) is 0 Å². The number of aliphatic hydroxyl groups is 17. The van der Waals surface area contributed by atoms with Crippen LogP contribution in [0, 0.1) is 0 Å². The van der Waals surface area contributed by atoms with Crippen molar-refractivity contribution in [3.63, 3.8) is 0 Å². The van der Waals surface area contributed by atoms with Gasteiger partial charge in [0, 0.05) is 20.8 Å². The average molecular weight is 1110 g/mol. The smallest absolute Gasteiger partial charge is 0.217 e. The number of hydrogen-bond acceptors (Lipinski definition) is 31. The van der Waals surface area contributed by atoms with E-state index in [0.29, 0.717) is 0 Å². The predicted octanol–water partition coefficient (Wildman–Crippen LogP) is -13.7. The summed E-state index contributed by atoms with van der Waals surface area (Å²) >= 11 is 0. The molecule has 0 aromatic heterocycles. The number of amides is 3. The Balaban J connectivity index is 1.18. The van der Waals surface area contributed by atoms with Gasteiger partial charge >= 0.3 is 0 Å². The van der Waals surface area contributed by atoms with Crippen molar-refractivity contribution in [1.29, 1.82) is 0 Å². The fraction of sp³-hybridized carbons (Fsp3) is 0.929. The Morgan fingerprint density at radius 2 is 0.684 bits per heavy atom. The van der Waals surface area contributed by atoms with Crippen LogP contribution in [0.5, 0.6) is 0 Å². The van der Waals surface area contributed by atoms with E-state index in [1.807, 2.05) is 0 Å². The van der Waals surface area contributed by atoms with Crippen molar-refractivity contribution < 1.29 is 153 Å². The van der Waals surface area contributed by atoms with Crippen LogP contribution in [0.1, 0.15) is 20.8 Å². The van der Waals surface area contributed by atoms with Crippen molar-refractivity contribution in [2.24, 2.45) is 0 Å². The normalized spacial score (nSPS) is 48.2. The van der Waals surface area contributed by atoms with E-state index >= 15 is 0 Å². The van der Waals surface area contributed by atoms with Gasteiger partial charge in [0.25, 0.3) is 0 Å². The molecule has 0 unspecified atom stereocenters. The zero-order valence-corrected chi connectivity index (χ0v) is 40.9. The van der Waals surface area contributed by atoms with Gasteiger partial charge in [-0.25, -0.2) is 0 Å². The minimum Gasteiger partial charge on any atom is -0.394 e. The number of hydrogen-bond donors (Lipinski definition) is 20. The van der Waals surface area contributed by atoms with Gasteiger partial charge in [-0.3, -0.25) is 14.4 Å². The lowest BCUT2D eigenvalue weighted by molar-refractivity contribution is -0.375. The average Bonchev–Trinajstić information content (AvgIpc) is 3.37. The summed E-state index contributed by atoms with van der Waals surface area (Å²) in [5.74, 6) is -2.40. The lowest BCUT2D eigenvalue weighted by atomic mass is 9.94. The van der Waals surface area contributed by atoms with Gasteiger partial charge in [-0.05, 0) is 0 Å². The molecule has 30 atom stereocenters. The Kier molecular flexibility index (Phi) is 22.3. The van der Waals surface area contributed by atoms with Crippen molar-refractivity contribution in [1.82, 2.24) is 16.0 Å². The summed E-state index contributed by atoms with van der Waals surface area (Å²) in [6, 6.07) is -4.99. The lowest BCUT2D eigenvalue weighted by Crippen LogP contribution is -2.70. The molecule has 0 bridgehead atoms. The third-order valence-corrected chi connectivity index (χ3v) is 13.6. The molecule has 6 aliphatic heterocycles. The maximum absolute atomic E-state index is 12.5. The summed E-state index contributed by atoms with van der Waals surface area (Å²) in [6.07, 6.45) is -50.0. The molecule has 6 fully saturated rings. The number of carbonyl (C=O) groups excluding carboxylic acids is 3. The summed E-state index contributed by atoms with van der Waals surface area (Å²) in [6.45, 7) is -2.41. The highest BCUT2D eigenvalue weighted by atomic mass is 16.8. The second-order valence-electron chi connectivity index (χ2n) is 19.0. The van der Waals surface area contributed by atoms with Gasteiger partial charge < -0.3 is 155 Å². The first kappa shape index (κ1) is 62.5. The van der Waals surface area contributed by atoms with E-state index in [9.17, 15) is 101 Å². The third-order valence-electron chi connectivity index (χ3n) is 13.6. The molecule has 6 aliphatic rings. The van der Waals surface area contributed by atoms with Gasteiger partial charge in [-0.2, -0.15) is 0 Å². The SMILES string of the molecule is CC(=O)N[C@@H]1[C@@H](O[C@@H]2O[C@H](CO)[C@H](O[C@@H]3O[C@H](CO)[C@@H](O)[C@H](O[C@@H]4O[C@H](CO)[C@H](O)[C@H](O)[C@H]4O)[C@H]3NC(C)=O)[C@H](O)[C@H]2O)[C@@H](O)[C@@H](CO[C@@H]2O[C@H](CO)[C@@H](O[C@@H]3O[C@H](CO)[C@H](O)[C@H](O)[C@H]3O)[C@H](O)[C@H]2NC(C)=O)O[C@@H]1O. The number of carbonyl (C=O) groups is 3. The molecule has 0 radical (unpaired) electrons. The fourth-order valence-corrected chi connectivity index (χ4v) is 9.62. The van der Waals surface area contributed by atoms with E-state index in [-0.39, 0.29) is 0 Å². The highest BCUT2D eigenvalue weighted by Crippen LogP contribution is 2.36. The molecule has 0 aromatic rings. The van der Waals surface area contributed by atoms with Crippen LogP contribution in [0.25, 0.3) is 0 Å². The summed E-state index contributed by atoms with van der Waals surface area (Å²) in [5.41, 5.74) is 0. The highest BCUT2D eigenvalue weighted by Gasteiger charge is 2.57. The molecule has 34 heteroatoms. The minimum atomic E-state index is -2.24. The molecule has 440 valence electrons. The van der Waals surface area contributed by atoms with Crippen LogP contribution in [0.3, 0.4) is 0 Å². The van der Waals surface area contributed by atoms with E-state index in [2.05, 4.69) is 16.0 Å². The molecule has 76 heavy (non-hydrogen) atoms. The quantitative estimate of drug-likeness (QED) is 0.0571. The van der Waals surface area contributed by atoms with Crippen LogP contribution in [0.15, 0.2) is 0 Å². The van der Waals surface area contributed by atoms with Gasteiger partial charge in [0.2, 0.25) is 17.7 Å². The lowest BCUT2D eigenvalue weighted by Gasteiger charge is -2.50. The van der Waals surface area contributed by atoms with Crippen LogP contribution in [0.2, 0.25) is 0 Å². The largest absolute Gasteiger partial charge is 0.394 e. The Morgan fingerprint density at radius 1 is 0.342 bits per heavy atom. The first-order valence-electron chi connectivity index (χ1n) is 24.1. The van der Waals surface area contributed by atoms with Crippen molar-refractivity contribution in [2.45, 2.75) is 205 Å². The molecule has 20 N–H and O–H groups in total. The number of nitrogens with one attached hydrogen (secondary N) is 3. The molecular weight excluding hydrogens is 1040 g/mol. The molecule has 0 aromatic carbocycles. The third kappa shape index (κ3) is 13.7. The van der Waals surface area contributed by atoms with Crippen molar-refractivity contribution in [3.8, 4) is 0 Å². The molecule has 3 amide bonds. The molecule has 0 saturated carbocycles. The zero-order chi connectivity index (χ0) is 56.2. The first-order valence-corrected chi connectivity index (χ1v) is 24.1. The van der Waals surface area contributed by atoms with Gasteiger partial charge in [0.15, 0.2) is 37.7 Å². The maximum Gasteiger partial charge on any atom is 0.217 e. The Bertz CT molecular complexity index is 1860. The molecule has 34 nitrogen and oxygen atoms in total. The molecule has 0 spiro atoms. The summed E-state index contributed by atoms with van der Waals surface area (Å²) in [4.78, 5) is 37.3. The second kappa shape index (κ2) is 27.2. The maximum atomic E-state index is 12.5.